The van der Waals surface area contributed by atoms with Crippen LogP contribution in [0.4, 0.5) is 0 Å². The lowest BCUT2D eigenvalue weighted by Gasteiger charge is -2.05. The van der Waals surface area contributed by atoms with Crippen LogP contribution >= 0.6 is 27.5 Å². The highest BCUT2D eigenvalue weighted by molar-refractivity contribution is 9.10. The zero-order valence-corrected chi connectivity index (χ0v) is 11.8. The smallest absolute Gasteiger partial charge is 0.135 e. The summed E-state index contributed by atoms with van der Waals surface area (Å²) in [5.74, 6) is 1.54. The summed E-state index contributed by atoms with van der Waals surface area (Å²) < 4.78 is 6.67. The molecule has 0 aliphatic carbocycles. The third-order valence-electron chi connectivity index (χ3n) is 2.63. The highest BCUT2D eigenvalue weighted by atomic mass is 79.9. The molecule has 0 spiro atoms. The van der Waals surface area contributed by atoms with Crippen LogP contribution in [0.25, 0.3) is 11.3 Å². The molecule has 0 amide bonds. The molecular weight excluding hydrogens is 302 g/mol. The summed E-state index contributed by atoms with van der Waals surface area (Å²) in [6.07, 6.45) is 0.848. The van der Waals surface area contributed by atoms with E-state index >= 15 is 0 Å². The third kappa shape index (κ3) is 2.73. The van der Waals surface area contributed by atoms with Crippen molar-refractivity contribution in [2.24, 2.45) is 5.73 Å². The Morgan fingerprint density at radius 3 is 2.76 bits per heavy atom. The Kier molecular flexibility index (Phi) is 3.92. The quantitative estimate of drug-likeness (QED) is 0.886. The van der Waals surface area contributed by atoms with Crippen molar-refractivity contribution in [1.82, 2.24) is 0 Å². The van der Waals surface area contributed by atoms with Gasteiger partial charge < -0.3 is 10.2 Å². The van der Waals surface area contributed by atoms with E-state index < -0.39 is 0 Å². The average molecular weight is 315 g/mol. The van der Waals surface area contributed by atoms with Gasteiger partial charge in [0.25, 0.3) is 0 Å². The minimum atomic E-state index is -0.0574. The van der Waals surface area contributed by atoms with E-state index in [4.69, 9.17) is 21.8 Å². The second kappa shape index (κ2) is 5.25. The first kappa shape index (κ1) is 12.7. The summed E-state index contributed by atoms with van der Waals surface area (Å²) in [6, 6.07) is 9.45. The summed E-state index contributed by atoms with van der Waals surface area (Å²) >= 11 is 9.54. The van der Waals surface area contributed by atoms with Crippen molar-refractivity contribution in [1.29, 1.82) is 0 Å². The predicted molar refractivity (Wildman–Crippen MR) is 74.1 cm³/mol. The number of hydrogen-bond acceptors (Lipinski definition) is 2. The summed E-state index contributed by atoms with van der Waals surface area (Å²) in [7, 11) is 0. The maximum Gasteiger partial charge on any atom is 0.135 e. The molecule has 0 aliphatic rings. The van der Waals surface area contributed by atoms with Crippen molar-refractivity contribution < 1.29 is 4.42 Å². The maximum atomic E-state index is 6.17. The Morgan fingerprint density at radius 1 is 1.35 bits per heavy atom. The number of hydrogen-bond donors (Lipinski definition) is 1. The molecule has 2 N–H and O–H groups in total. The molecule has 90 valence electrons. The van der Waals surface area contributed by atoms with Crippen LogP contribution in [-0.2, 0) is 0 Å². The molecule has 0 saturated heterocycles. The van der Waals surface area contributed by atoms with Crippen molar-refractivity contribution in [3.05, 3.63) is 45.6 Å². The Hall–Kier alpha value is -0.770. The fourth-order valence-electron chi connectivity index (χ4n) is 1.59. The second-order valence-electron chi connectivity index (χ2n) is 3.84. The number of rotatable bonds is 3. The minimum Gasteiger partial charge on any atom is -0.459 e. The van der Waals surface area contributed by atoms with Gasteiger partial charge >= 0.3 is 0 Å². The first-order chi connectivity index (χ1) is 8.11. The van der Waals surface area contributed by atoms with Gasteiger partial charge in [-0.05, 0) is 36.8 Å². The molecule has 1 unspecified atom stereocenters. The number of nitrogens with two attached hydrogens (primary N) is 1. The van der Waals surface area contributed by atoms with Gasteiger partial charge in [-0.25, -0.2) is 0 Å². The molecule has 2 aromatic rings. The lowest BCUT2D eigenvalue weighted by molar-refractivity contribution is 0.470. The Morgan fingerprint density at radius 2 is 2.12 bits per heavy atom. The average Bonchev–Trinajstić information content (AvgIpc) is 2.77. The van der Waals surface area contributed by atoms with Crippen molar-refractivity contribution in [3.63, 3.8) is 0 Å². The first-order valence-electron chi connectivity index (χ1n) is 5.42. The largest absolute Gasteiger partial charge is 0.459 e. The molecular formula is C13H13BrClNO. The SMILES string of the molecule is CCC(N)c1ccc(-c2ccc(Br)cc2Cl)o1. The topological polar surface area (TPSA) is 39.2 Å². The molecule has 17 heavy (non-hydrogen) atoms. The number of halogens is 2. The summed E-state index contributed by atoms with van der Waals surface area (Å²) in [5, 5.41) is 0.658. The Bertz CT molecular complexity index is 524. The molecule has 0 bridgehead atoms. The monoisotopic (exact) mass is 313 g/mol. The van der Waals surface area contributed by atoms with Crippen LogP contribution in [0.3, 0.4) is 0 Å². The van der Waals surface area contributed by atoms with E-state index in [2.05, 4.69) is 15.9 Å². The highest BCUT2D eigenvalue weighted by Crippen LogP contribution is 2.32. The molecule has 0 saturated carbocycles. The normalized spacial score (nSPS) is 12.7. The molecule has 2 rings (SSSR count). The van der Waals surface area contributed by atoms with Crippen LogP contribution in [-0.4, -0.2) is 0 Å². The highest BCUT2D eigenvalue weighted by Gasteiger charge is 2.12. The Balaban J connectivity index is 2.37. The van der Waals surface area contributed by atoms with Crippen molar-refractivity contribution in [2.45, 2.75) is 19.4 Å². The lowest BCUT2D eigenvalue weighted by Crippen LogP contribution is -2.06. The van der Waals surface area contributed by atoms with Gasteiger partial charge in [-0.15, -0.1) is 0 Å². The van der Waals surface area contributed by atoms with E-state index in [9.17, 15) is 0 Å². The van der Waals surface area contributed by atoms with Gasteiger partial charge in [-0.3, -0.25) is 0 Å². The fourth-order valence-corrected chi connectivity index (χ4v) is 2.35. The second-order valence-corrected chi connectivity index (χ2v) is 5.16. The van der Waals surface area contributed by atoms with Crippen LogP contribution < -0.4 is 5.73 Å². The van der Waals surface area contributed by atoms with Crippen LogP contribution in [0.1, 0.15) is 25.1 Å². The van der Waals surface area contributed by atoms with Gasteiger partial charge in [0.1, 0.15) is 11.5 Å². The van der Waals surface area contributed by atoms with Crippen molar-refractivity contribution in [3.8, 4) is 11.3 Å². The van der Waals surface area contributed by atoms with Gasteiger partial charge in [-0.2, -0.15) is 0 Å². The van der Waals surface area contributed by atoms with E-state index in [0.717, 1.165) is 28.0 Å². The number of furan rings is 1. The summed E-state index contributed by atoms with van der Waals surface area (Å²) in [6.45, 7) is 2.03. The first-order valence-corrected chi connectivity index (χ1v) is 6.59. The van der Waals surface area contributed by atoms with Crippen LogP contribution in [0, 0.1) is 0 Å². The molecule has 4 heteroatoms. The van der Waals surface area contributed by atoms with Gasteiger partial charge in [0, 0.05) is 10.0 Å². The molecule has 1 aromatic carbocycles. The van der Waals surface area contributed by atoms with Crippen molar-refractivity contribution >= 4 is 27.5 Å². The van der Waals surface area contributed by atoms with Crippen LogP contribution in [0.15, 0.2) is 39.2 Å². The minimum absolute atomic E-state index is 0.0574. The molecule has 1 atom stereocenters. The summed E-state index contributed by atoms with van der Waals surface area (Å²) in [5.41, 5.74) is 6.79. The van der Waals surface area contributed by atoms with E-state index in [0.29, 0.717) is 5.02 Å². The molecule has 0 aliphatic heterocycles. The van der Waals surface area contributed by atoms with Crippen molar-refractivity contribution in [2.75, 3.05) is 0 Å². The maximum absolute atomic E-state index is 6.17. The van der Waals surface area contributed by atoms with Gasteiger partial charge in [0.15, 0.2) is 0 Å². The van der Waals surface area contributed by atoms with Crippen LogP contribution in [0.5, 0.6) is 0 Å². The van der Waals surface area contributed by atoms with Crippen LogP contribution in [0.2, 0.25) is 5.02 Å². The molecule has 1 heterocycles. The molecule has 2 nitrogen and oxygen atoms in total. The molecule has 1 aromatic heterocycles. The molecule has 0 radical (unpaired) electrons. The van der Waals surface area contributed by atoms with Gasteiger partial charge in [0.05, 0.1) is 11.1 Å². The van der Waals surface area contributed by atoms with E-state index in [1.807, 2.05) is 37.3 Å². The number of benzene rings is 1. The fraction of sp³-hybridized carbons (Fsp3) is 0.231. The lowest BCUT2D eigenvalue weighted by atomic mass is 10.2. The zero-order chi connectivity index (χ0) is 12.4. The standard InChI is InChI=1S/C13H13BrClNO/c1-2-11(16)13-6-5-12(17-13)9-4-3-8(14)7-10(9)15/h3-7,11H,2,16H2,1H3. The summed E-state index contributed by atoms with van der Waals surface area (Å²) in [4.78, 5) is 0. The van der Waals surface area contributed by atoms with Gasteiger partial charge in [0.2, 0.25) is 0 Å². The third-order valence-corrected chi connectivity index (χ3v) is 3.43. The predicted octanol–water partition coefficient (Wildman–Crippen LogP) is 4.77. The zero-order valence-electron chi connectivity index (χ0n) is 9.41. The van der Waals surface area contributed by atoms with E-state index in [1.54, 1.807) is 0 Å². The van der Waals surface area contributed by atoms with E-state index in [-0.39, 0.29) is 6.04 Å². The molecule has 0 fully saturated rings. The Labute approximate surface area is 114 Å². The van der Waals surface area contributed by atoms with E-state index in [1.165, 1.54) is 0 Å². The van der Waals surface area contributed by atoms with Gasteiger partial charge in [-0.1, -0.05) is 34.5 Å².